The van der Waals surface area contributed by atoms with Gasteiger partial charge < -0.3 is 10.6 Å². The first kappa shape index (κ1) is 15.5. The van der Waals surface area contributed by atoms with Crippen molar-refractivity contribution in [3.05, 3.63) is 60.0 Å². The second-order valence-electron chi connectivity index (χ2n) is 6.07. The van der Waals surface area contributed by atoms with E-state index in [-0.39, 0.29) is 6.04 Å². The standard InChI is InChI=1S/C19H20N6/c1-20-17-10-11-21-19(25-17)24-16-9-5-8-15-14(16)12-22-18(23-15)13-6-3-2-4-7-13/h2-4,6-7,10-12,16H,5,8-9H2,1H3,(H2,20,21,24,25)/t16-/m0/s1. The molecule has 0 saturated carbocycles. The molecular weight excluding hydrogens is 312 g/mol. The summed E-state index contributed by atoms with van der Waals surface area (Å²) in [7, 11) is 1.85. The van der Waals surface area contributed by atoms with E-state index in [0.29, 0.717) is 5.95 Å². The maximum atomic E-state index is 4.80. The highest BCUT2D eigenvalue weighted by Crippen LogP contribution is 2.31. The summed E-state index contributed by atoms with van der Waals surface area (Å²) >= 11 is 0. The first-order valence-corrected chi connectivity index (χ1v) is 8.52. The molecule has 1 aromatic carbocycles. The number of anilines is 2. The Bertz CT molecular complexity index is 865. The lowest BCUT2D eigenvalue weighted by atomic mass is 9.92. The van der Waals surface area contributed by atoms with Crippen LogP contribution in [0.5, 0.6) is 0 Å². The Morgan fingerprint density at radius 1 is 1.04 bits per heavy atom. The average molecular weight is 332 g/mol. The van der Waals surface area contributed by atoms with Gasteiger partial charge >= 0.3 is 0 Å². The summed E-state index contributed by atoms with van der Waals surface area (Å²) in [6.07, 6.45) is 6.78. The predicted octanol–water partition coefficient (Wildman–Crippen LogP) is 3.46. The highest BCUT2D eigenvalue weighted by atomic mass is 15.1. The molecule has 0 spiro atoms. The summed E-state index contributed by atoms with van der Waals surface area (Å²) in [6.45, 7) is 0. The molecule has 6 heteroatoms. The minimum Gasteiger partial charge on any atom is -0.373 e. The second kappa shape index (κ2) is 6.84. The molecule has 0 saturated heterocycles. The van der Waals surface area contributed by atoms with Crippen molar-refractivity contribution in [2.24, 2.45) is 0 Å². The lowest BCUT2D eigenvalue weighted by Gasteiger charge is -2.25. The van der Waals surface area contributed by atoms with Crippen molar-refractivity contribution in [2.75, 3.05) is 17.7 Å². The molecule has 25 heavy (non-hydrogen) atoms. The fourth-order valence-electron chi connectivity index (χ4n) is 3.15. The zero-order valence-electron chi connectivity index (χ0n) is 14.1. The van der Waals surface area contributed by atoms with Crippen molar-refractivity contribution in [3.63, 3.8) is 0 Å². The van der Waals surface area contributed by atoms with Crippen molar-refractivity contribution < 1.29 is 0 Å². The third-order valence-electron chi connectivity index (χ3n) is 4.43. The van der Waals surface area contributed by atoms with Gasteiger partial charge in [-0.25, -0.2) is 15.0 Å². The highest BCUT2D eigenvalue weighted by Gasteiger charge is 2.23. The van der Waals surface area contributed by atoms with Gasteiger partial charge in [-0.1, -0.05) is 30.3 Å². The zero-order valence-corrected chi connectivity index (χ0v) is 14.1. The minimum atomic E-state index is 0.140. The Balaban J connectivity index is 1.61. The molecular formula is C19H20N6. The number of rotatable bonds is 4. The Labute approximate surface area is 146 Å². The fraction of sp³-hybridized carbons (Fsp3) is 0.263. The van der Waals surface area contributed by atoms with Crippen molar-refractivity contribution >= 4 is 11.8 Å². The quantitative estimate of drug-likeness (QED) is 0.762. The largest absolute Gasteiger partial charge is 0.373 e. The molecule has 2 aromatic heterocycles. The van der Waals surface area contributed by atoms with Crippen LogP contribution < -0.4 is 10.6 Å². The maximum Gasteiger partial charge on any atom is 0.225 e. The van der Waals surface area contributed by atoms with Gasteiger partial charge in [-0.05, 0) is 25.3 Å². The Morgan fingerprint density at radius 2 is 1.92 bits per heavy atom. The molecule has 1 aliphatic rings. The number of nitrogens with one attached hydrogen (secondary N) is 2. The van der Waals surface area contributed by atoms with Crippen LogP contribution in [0, 0.1) is 0 Å². The van der Waals surface area contributed by atoms with Gasteiger partial charge in [-0.15, -0.1) is 0 Å². The Morgan fingerprint density at radius 3 is 2.76 bits per heavy atom. The van der Waals surface area contributed by atoms with Crippen LogP contribution in [-0.2, 0) is 6.42 Å². The number of aromatic nitrogens is 4. The lowest BCUT2D eigenvalue weighted by Crippen LogP contribution is -2.20. The third kappa shape index (κ3) is 3.28. The molecule has 1 atom stereocenters. The predicted molar refractivity (Wildman–Crippen MR) is 98.3 cm³/mol. The van der Waals surface area contributed by atoms with E-state index in [1.54, 1.807) is 6.20 Å². The summed E-state index contributed by atoms with van der Waals surface area (Å²) in [5, 5.41) is 6.46. The van der Waals surface area contributed by atoms with E-state index in [1.165, 1.54) is 0 Å². The molecule has 3 aromatic rings. The molecule has 2 heterocycles. The van der Waals surface area contributed by atoms with Gasteiger partial charge in [0.1, 0.15) is 5.82 Å². The molecule has 0 fully saturated rings. The van der Waals surface area contributed by atoms with E-state index in [0.717, 1.165) is 47.7 Å². The second-order valence-corrected chi connectivity index (χ2v) is 6.07. The number of nitrogens with zero attached hydrogens (tertiary/aromatic N) is 4. The van der Waals surface area contributed by atoms with Crippen molar-refractivity contribution in [2.45, 2.75) is 25.3 Å². The monoisotopic (exact) mass is 332 g/mol. The van der Waals surface area contributed by atoms with Gasteiger partial charge in [0.2, 0.25) is 5.95 Å². The van der Waals surface area contributed by atoms with Crippen LogP contribution in [0.2, 0.25) is 0 Å². The normalized spacial score (nSPS) is 16.1. The van der Waals surface area contributed by atoms with Gasteiger partial charge in [0, 0.05) is 36.3 Å². The first-order valence-electron chi connectivity index (χ1n) is 8.52. The molecule has 2 N–H and O–H groups in total. The van der Waals surface area contributed by atoms with E-state index < -0.39 is 0 Å². The summed E-state index contributed by atoms with van der Waals surface area (Å²) in [5.41, 5.74) is 3.30. The summed E-state index contributed by atoms with van der Waals surface area (Å²) in [4.78, 5) is 18.2. The fourth-order valence-corrected chi connectivity index (χ4v) is 3.15. The van der Waals surface area contributed by atoms with Crippen LogP contribution in [0.15, 0.2) is 48.8 Å². The van der Waals surface area contributed by atoms with Crippen LogP contribution in [-0.4, -0.2) is 27.0 Å². The van der Waals surface area contributed by atoms with Gasteiger partial charge in [-0.3, -0.25) is 0 Å². The first-order chi connectivity index (χ1) is 12.3. The number of hydrogen-bond donors (Lipinski definition) is 2. The van der Waals surface area contributed by atoms with Crippen molar-refractivity contribution in [1.82, 2.24) is 19.9 Å². The number of benzene rings is 1. The van der Waals surface area contributed by atoms with Gasteiger partial charge in [-0.2, -0.15) is 4.98 Å². The number of fused-ring (bicyclic) bond motifs is 1. The maximum absolute atomic E-state index is 4.80. The van der Waals surface area contributed by atoms with E-state index in [1.807, 2.05) is 49.6 Å². The van der Waals surface area contributed by atoms with Crippen LogP contribution in [0.1, 0.15) is 30.1 Å². The number of hydrogen-bond acceptors (Lipinski definition) is 6. The van der Waals surface area contributed by atoms with E-state index >= 15 is 0 Å². The number of aryl methyl sites for hydroxylation is 1. The topological polar surface area (TPSA) is 75.6 Å². The molecule has 0 aliphatic heterocycles. The van der Waals surface area contributed by atoms with Gasteiger partial charge in [0.25, 0.3) is 0 Å². The summed E-state index contributed by atoms with van der Waals surface area (Å²) < 4.78 is 0. The molecule has 126 valence electrons. The summed E-state index contributed by atoms with van der Waals surface area (Å²) in [6, 6.07) is 12.1. The summed E-state index contributed by atoms with van der Waals surface area (Å²) in [5.74, 6) is 2.20. The average Bonchev–Trinajstić information content (AvgIpc) is 2.69. The minimum absolute atomic E-state index is 0.140. The molecule has 6 nitrogen and oxygen atoms in total. The molecule has 0 unspecified atom stereocenters. The van der Waals surface area contributed by atoms with Crippen molar-refractivity contribution in [1.29, 1.82) is 0 Å². The molecule has 0 bridgehead atoms. The van der Waals surface area contributed by atoms with Crippen LogP contribution in [0.4, 0.5) is 11.8 Å². The van der Waals surface area contributed by atoms with Crippen molar-refractivity contribution in [3.8, 4) is 11.4 Å². The molecule has 0 radical (unpaired) electrons. The Kier molecular flexibility index (Phi) is 4.24. The van der Waals surface area contributed by atoms with E-state index in [4.69, 9.17) is 4.98 Å². The SMILES string of the molecule is CNc1ccnc(N[C@H]2CCCc3nc(-c4ccccc4)ncc32)n1. The molecule has 4 rings (SSSR count). The molecule has 0 amide bonds. The molecule has 1 aliphatic carbocycles. The van der Waals surface area contributed by atoms with E-state index in [9.17, 15) is 0 Å². The van der Waals surface area contributed by atoms with Crippen LogP contribution in [0.3, 0.4) is 0 Å². The van der Waals surface area contributed by atoms with E-state index in [2.05, 4.69) is 25.6 Å². The third-order valence-corrected chi connectivity index (χ3v) is 4.43. The van der Waals surface area contributed by atoms with Gasteiger partial charge in [0.05, 0.1) is 6.04 Å². The highest BCUT2D eigenvalue weighted by molar-refractivity contribution is 5.55. The Hall–Kier alpha value is -3.02. The smallest absolute Gasteiger partial charge is 0.225 e. The zero-order chi connectivity index (χ0) is 17.1. The van der Waals surface area contributed by atoms with Gasteiger partial charge in [0.15, 0.2) is 5.82 Å². The van der Waals surface area contributed by atoms with Crippen LogP contribution in [0.25, 0.3) is 11.4 Å². The van der Waals surface area contributed by atoms with Crippen LogP contribution >= 0.6 is 0 Å². The lowest BCUT2D eigenvalue weighted by molar-refractivity contribution is 0.581.